The van der Waals surface area contributed by atoms with Crippen LogP contribution in [0.5, 0.6) is 0 Å². The number of carboxylic acid groups (broad SMARTS) is 2. The second-order valence-corrected chi connectivity index (χ2v) is 8.53. The van der Waals surface area contributed by atoms with Crippen LogP contribution in [0.4, 0.5) is 0 Å². The number of rotatable bonds is 11. The zero-order valence-electron chi connectivity index (χ0n) is 14.5. The minimum atomic E-state index is -1.32. The first-order chi connectivity index (χ1) is 11.5. The third kappa shape index (κ3) is 7.35. The van der Waals surface area contributed by atoms with Crippen molar-refractivity contribution in [3.8, 4) is 0 Å². The van der Waals surface area contributed by atoms with Crippen LogP contribution < -0.4 is 11.1 Å². The molecule has 142 valence electrons. The van der Waals surface area contributed by atoms with Gasteiger partial charge in [-0.2, -0.15) is 0 Å². The van der Waals surface area contributed by atoms with Crippen molar-refractivity contribution in [1.29, 1.82) is 0 Å². The van der Waals surface area contributed by atoms with E-state index < -0.39 is 28.8 Å². The maximum atomic E-state index is 12.0. The van der Waals surface area contributed by atoms with E-state index in [2.05, 4.69) is 5.32 Å². The van der Waals surface area contributed by atoms with Crippen molar-refractivity contribution >= 4 is 28.6 Å². The highest BCUT2D eigenvalue weighted by Crippen LogP contribution is 2.51. The Hall–Kier alpha value is -1.74. The van der Waals surface area contributed by atoms with Gasteiger partial charge in [-0.25, -0.2) is 4.79 Å². The van der Waals surface area contributed by atoms with E-state index in [1.807, 2.05) is 13.8 Å². The van der Waals surface area contributed by atoms with E-state index in [1.54, 1.807) is 0 Å². The van der Waals surface area contributed by atoms with E-state index in [9.17, 15) is 18.6 Å². The first-order valence-corrected chi connectivity index (χ1v) is 9.61. The Morgan fingerprint density at radius 1 is 1.32 bits per heavy atom. The largest absolute Gasteiger partial charge is 0.480 e. The van der Waals surface area contributed by atoms with Crippen LogP contribution in [-0.4, -0.2) is 49.8 Å². The van der Waals surface area contributed by atoms with E-state index >= 15 is 0 Å². The highest BCUT2D eigenvalue weighted by molar-refractivity contribution is 7.85. The molecule has 3 atom stereocenters. The Balaban J connectivity index is 2.34. The van der Waals surface area contributed by atoms with Gasteiger partial charge in [0.2, 0.25) is 5.91 Å². The van der Waals surface area contributed by atoms with Gasteiger partial charge in [0.1, 0.15) is 11.7 Å². The van der Waals surface area contributed by atoms with Gasteiger partial charge in [-0.1, -0.05) is 19.9 Å². The molecule has 8 nitrogen and oxygen atoms in total. The van der Waals surface area contributed by atoms with E-state index in [-0.39, 0.29) is 28.7 Å². The van der Waals surface area contributed by atoms with Gasteiger partial charge in [0.25, 0.3) is 0 Å². The number of aliphatic carboxylic acids is 2. The van der Waals surface area contributed by atoms with E-state index in [0.29, 0.717) is 25.0 Å². The molecule has 5 N–H and O–H groups in total. The minimum Gasteiger partial charge on any atom is -0.480 e. The quantitative estimate of drug-likeness (QED) is 0.303. The van der Waals surface area contributed by atoms with E-state index in [1.165, 1.54) is 6.08 Å². The molecule has 0 bridgehead atoms. The van der Waals surface area contributed by atoms with Crippen molar-refractivity contribution in [2.24, 2.45) is 17.1 Å². The molecule has 0 aromatic heterocycles. The molecule has 0 radical (unpaired) electrons. The average molecular weight is 374 g/mol. The third-order valence-corrected chi connectivity index (χ3v) is 5.65. The van der Waals surface area contributed by atoms with Gasteiger partial charge in [-0.15, -0.1) is 0 Å². The summed E-state index contributed by atoms with van der Waals surface area (Å²) in [6, 6.07) is -1.14. The SMILES string of the molecule is CC1(C)C[C@@H]1C(=O)N/C(=C\CCCC[S@](=O)C[C@H](N)C(=O)O)C(=O)O. The fourth-order valence-electron chi connectivity index (χ4n) is 2.34. The van der Waals surface area contributed by atoms with Gasteiger partial charge >= 0.3 is 11.9 Å². The van der Waals surface area contributed by atoms with Gasteiger partial charge in [0, 0.05) is 28.2 Å². The lowest BCUT2D eigenvalue weighted by Crippen LogP contribution is -2.36. The molecule has 0 aromatic carbocycles. The number of hydrogen-bond acceptors (Lipinski definition) is 5. The van der Waals surface area contributed by atoms with Crippen molar-refractivity contribution in [1.82, 2.24) is 5.32 Å². The van der Waals surface area contributed by atoms with Crippen LogP contribution in [0.1, 0.15) is 39.5 Å². The smallest absolute Gasteiger partial charge is 0.352 e. The van der Waals surface area contributed by atoms with Gasteiger partial charge in [-0.05, 0) is 31.1 Å². The van der Waals surface area contributed by atoms with Gasteiger partial charge in [-0.3, -0.25) is 13.8 Å². The summed E-state index contributed by atoms with van der Waals surface area (Å²) in [6.07, 6.45) is 3.73. The van der Waals surface area contributed by atoms with Crippen LogP contribution in [0, 0.1) is 11.3 Å². The lowest BCUT2D eigenvalue weighted by atomic mass is 10.1. The molecule has 1 amide bonds. The molecular weight excluding hydrogens is 348 g/mol. The molecule has 1 rings (SSSR count). The number of carboxylic acids is 2. The number of carbonyl (C=O) groups is 3. The minimum absolute atomic E-state index is 0.0748. The Morgan fingerprint density at radius 3 is 2.40 bits per heavy atom. The van der Waals surface area contributed by atoms with Crippen LogP contribution in [0.2, 0.25) is 0 Å². The Kier molecular flexibility index (Phi) is 7.75. The van der Waals surface area contributed by atoms with Crippen LogP contribution in [0.3, 0.4) is 0 Å². The van der Waals surface area contributed by atoms with Crippen molar-refractivity contribution in [2.75, 3.05) is 11.5 Å². The maximum absolute atomic E-state index is 12.0. The predicted molar refractivity (Wildman–Crippen MR) is 93.1 cm³/mol. The van der Waals surface area contributed by atoms with Crippen LogP contribution in [0.25, 0.3) is 0 Å². The van der Waals surface area contributed by atoms with Gasteiger partial charge < -0.3 is 21.3 Å². The lowest BCUT2D eigenvalue weighted by molar-refractivity contribution is -0.138. The second-order valence-electron chi connectivity index (χ2n) is 6.91. The zero-order chi connectivity index (χ0) is 19.2. The molecule has 1 fully saturated rings. The molecule has 0 spiro atoms. The number of allylic oxidation sites excluding steroid dienone is 1. The summed E-state index contributed by atoms with van der Waals surface area (Å²) in [5.74, 6) is -2.60. The number of nitrogens with two attached hydrogens (primary N) is 1. The molecular formula is C16H26N2O6S. The number of amides is 1. The summed E-state index contributed by atoms with van der Waals surface area (Å²) in [6.45, 7) is 3.91. The van der Waals surface area contributed by atoms with Crippen LogP contribution in [0.15, 0.2) is 11.8 Å². The molecule has 0 aromatic rings. The Labute approximate surface area is 149 Å². The first kappa shape index (κ1) is 21.3. The fraction of sp³-hybridized carbons (Fsp3) is 0.688. The van der Waals surface area contributed by atoms with Crippen molar-refractivity contribution in [3.05, 3.63) is 11.8 Å². The monoisotopic (exact) mass is 374 g/mol. The molecule has 1 saturated carbocycles. The normalized spacial score (nSPS) is 21.2. The van der Waals surface area contributed by atoms with E-state index in [0.717, 1.165) is 6.42 Å². The van der Waals surface area contributed by atoms with Crippen molar-refractivity contribution in [2.45, 2.75) is 45.6 Å². The summed E-state index contributed by atoms with van der Waals surface area (Å²) < 4.78 is 11.7. The highest BCUT2D eigenvalue weighted by Gasteiger charge is 2.50. The molecule has 0 unspecified atom stereocenters. The van der Waals surface area contributed by atoms with Gasteiger partial charge in [0.05, 0.1) is 0 Å². The number of unbranched alkanes of at least 4 members (excludes halogenated alkanes) is 2. The van der Waals surface area contributed by atoms with Crippen molar-refractivity contribution < 1.29 is 28.8 Å². The van der Waals surface area contributed by atoms with E-state index in [4.69, 9.17) is 15.9 Å². The second kappa shape index (κ2) is 9.10. The maximum Gasteiger partial charge on any atom is 0.352 e. The number of hydrogen-bond donors (Lipinski definition) is 4. The fourth-order valence-corrected chi connectivity index (χ4v) is 3.57. The lowest BCUT2D eigenvalue weighted by Gasteiger charge is -2.08. The molecule has 1 aliphatic rings. The molecule has 9 heteroatoms. The first-order valence-electron chi connectivity index (χ1n) is 8.12. The third-order valence-electron chi connectivity index (χ3n) is 4.18. The van der Waals surface area contributed by atoms with Crippen LogP contribution >= 0.6 is 0 Å². The molecule has 25 heavy (non-hydrogen) atoms. The van der Waals surface area contributed by atoms with Gasteiger partial charge in [0.15, 0.2) is 0 Å². The highest BCUT2D eigenvalue weighted by atomic mass is 32.2. The molecule has 0 heterocycles. The molecule has 0 saturated heterocycles. The summed E-state index contributed by atoms with van der Waals surface area (Å²) in [7, 11) is -1.32. The topological polar surface area (TPSA) is 147 Å². The average Bonchev–Trinajstić information content (AvgIpc) is 3.14. The summed E-state index contributed by atoms with van der Waals surface area (Å²) in [4.78, 5) is 33.7. The number of carbonyl (C=O) groups excluding carboxylic acids is 1. The zero-order valence-corrected chi connectivity index (χ0v) is 15.3. The summed E-state index contributed by atoms with van der Waals surface area (Å²) in [5, 5.41) is 20.2. The summed E-state index contributed by atoms with van der Waals surface area (Å²) >= 11 is 0. The number of nitrogens with one attached hydrogen (secondary N) is 1. The Morgan fingerprint density at radius 2 is 1.92 bits per heavy atom. The van der Waals surface area contributed by atoms with Crippen LogP contribution in [-0.2, 0) is 25.2 Å². The Bertz CT molecular complexity index is 587. The standard InChI is InChI=1S/C16H26N2O6S/c1-16(2)8-10(16)13(19)18-12(15(22)23)6-4-3-5-7-25(24)9-11(17)14(20)21/h6,10-11H,3-5,7-9,17H2,1-2H3,(H,18,19)(H,20,21)(H,22,23)/b12-6-/t10-,11+,25+/m1/s1. The molecule has 0 aliphatic heterocycles. The predicted octanol–water partition coefficient (Wildman–Crippen LogP) is 0.448. The summed E-state index contributed by atoms with van der Waals surface area (Å²) in [5.41, 5.74) is 5.10. The van der Waals surface area contributed by atoms with Crippen molar-refractivity contribution in [3.63, 3.8) is 0 Å². The molecule has 1 aliphatic carbocycles.